The number of halogens is 2. The molecule has 6 heteroatoms. The van der Waals surface area contributed by atoms with Crippen LogP contribution >= 0.6 is 27.5 Å². The molecule has 4 nitrogen and oxygen atoms in total. The summed E-state index contributed by atoms with van der Waals surface area (Å²) in [5, 5.41) is 7.26. The Kier molecular flexibility index (Phi) is 4.04. The van der Waals surface area contributed by atoms with Crippen molar-refractivity contribution in [2.24, 2.45) is 7.05 Å². The zero-order chi connectivity index (χ0) is 13.1. The second kappa shape index (κ2) is 5.54. The molecule has 1 aromatic heterocycles. The number of nitrogens with zero attached hydrogens (tertiary/aromatic N) is 2. The van der Waals surface area contributed by atoms with Crippen LogP contribution in [-0.4, -0.2) is 15.7 Å². The first-order valence-electron chi connectivity index (χ1n) is 5.27. The number of nitrogens with one attached hydrogen (secondary N) is 1. The maximum atomic E-state index is 12.0. The number of rotatable bonds is 3. The molecule has 1 amide bonds. The van der Waals surface area contributed by atoms with Gasteiger partial charge in [0.15, 0.2) is 0 Å². The van der Waals surface area contributed by atoms with E-state index in [1.807, 2.05) is 13.2 Å². The minimum atomic E-state index is -0.204. The number of benzene rings is 1. The van der Waals surface area contributed by atoms with Crippen LogP contribution in [0.1, 0.15) is 15.9 Å². The molecule has 1 heterocycles. The van der Waals surface area contributed by atoms with Crippen LogP contribution in [0, 0.1) is 0 Å². The van der Waals surface area contributed by atoms with Crippen LogP contribution in [0.2, 0.25) is 5.02 Å². The summed E-state index contributed by atoms with van der Waals surface area (Å²) in [4.78, 5) is 12.0. The van der Waals surface area contributed by atoms with E-state index in [2.05, 4.69) is 26.3 Å². The standard InChI is InChI=1S/C12H11BrClN3O/c1-17-7-8(6-16-17)5-15-12(18)10-4-9(13)2-3-11(10)14/h2-4,6-7H,5H2,1H3,(H,15,18). The average molecular weight is 329 g/mol. The number of aromatic nitrogens is 2. The fraction of sp³-hybridized carbons (Fsp3) is 0.167. The van der Waals surface area contributed by atoms with Crippen molar-refractivity contribution >= 4 is 33.4 Å². The number of carbonyl (C=O) groups is 1. The van der Waals surface area contributed by atoms with E-state index >= 15 is 0 Å². The highest BCUT2D eigenvalue weighted by molar-refractivity contribution is 9.10. The molecular weight excluding hydrogens is 318 g/mol. The fourth-order valence-corrected chi connectivity index (χ4v) is 2.08. The van der Waals surface area contributed by atoms with E-state index in [9.17, 15) is 4.79 Å². The molecule has 0 saturated heterocycles. The molecule has 0 fully saturated rings. The van der Waals surface area contributed by atoms with Crippen LogP contribution in [-0.2, 0) is 13.6 Å². The highest BCUT2D eigenvalue weighted by atomic mass is 79.9. The Balaban J connectivity index is 2.05. The number of amides is 1. The van der Waals surface area contributed by atoms with Crippen molar-refractivity contribution in [2.45, 2.75) is 6.54 Å². The fourth-order valence-electron chi connectivity index (χ4n) is 1.51. The molecule has 94 valence electrons. The van der Waals surface area contributed by atoms with Crippen molar-refractivity contribution < 1.29 is 4.79 Å². The molecule has 1 aromatic carbocycles. The van der Waals surface area contributed by atoms with E-state index in [-0.39, 0.29) is 5.91 Å². The Labute approximate surface area is 118 Å². The van der Waals surface area contributed by atoms with Gasteiger partial charge in [-0.25, -0.2) is 0 Å². The third kappa shape index (κ3) is 3.11. The first kappa shape index (κ1) is 13.1. The van der Waals surface area contributed by atoms with Gasteiger partial charge in [0.25, 0.3) is 5.91 Å². The topological polar surface area (TPSA) is 46.9 Å². The first-order chi connectivity index (χ1) is 8.56. The van der Waals surface area contributed by atoms with Crippen LogP contribution in [0.4, 0.5) is 0 Å². The van der Waals surface area contributed by atoms with Gasteiger partial charge in [0.2, 0.25) is 0 Å². The predicted molar refractivity (Wildman–Crippen MR) is 73.5 cm³/mol. The summed E-state index contributed by atoms with van der Waals surface area (Å²) in [6.45, 7) is 0.426. The van der Waals surface area contributed by atoms with Crippen LogP contribution in [0.5, 0.6) is 0 Å². The second-order valence-electron chi connectivity index (χ2n) is 3.83. The van der Waals surface area contributed by atoms with Crippen molar-refractivity contribution in [1.82, 2.24) is 15.1 Å². The van der Waals surface area contributed by atoms with E-state index in [1.165, 1.54) is 0 Å². The molecule has 1 N–H and O–H groups in total. The van der Waals surface area contributed by atoms with E-state index in [0.717, 1.165) is 10.0 Å². The summed E-state index contributed by atoms with van der Waals surface area (Å²) in [5.41, 5.74) is 1.40. The third-order valence-electron chi connectivity index (χ3n) is 2.38. The third-order valence-corrected chi connectivity index (χ3v) is 3.21. The van der Waals surface area contributed by atoms with Crippen molar-refractivity contribution in [2.75, 3.05) is 0 Å². The Bertz CT molecular complexity index is 582. The summed E-state index contributed by atoms with van der Waals surface area (Å²) in [7, 11) is 1.83. The van der Waals surface area contributed by atoms with Crippen LogP contribution in [0.15, 0.2) is 35.1 Å². The van der Waals surface area contributed by atoms with Crippen LogP contribution in [0.25, 0.3) is 0 Å². The minimum Gasteiger partial charge on any atom is -0.348 e. The Morgan fingerprint density at radius 2 is 2.33 bits per heavy atom. The van der Waals surface area contributed by atoms with E-state index in [0.29, 0.717) is 17.1 Å². The van der Waals surface area contributed by atoms with Gasteiger partial charge < -0.3 is 5.32 Å². The molecule has 0 bridgehead atoms. The van der Waals surface area contributed by atoms with Gasteiger partial charge in [-0.2, -0.15) is 5.10 Å². The SMILES string of the molecule is Cn1cc(CNC(=O)c2cc(Br)ccc2Cl)cn1. The molecule has 0 radical (unpaired) electrons. The van der Waals surface area contributed by atoms with Gasteiger partial charge in [-0.1, -0.05) is 27.5 Å². The first-order valence-corrected chi connectivity index (χ1v) is 6.44. The lowest BCUT2D eigenvalue weighted by Crippen LogP contribution is -2.22. The van der Waals surface area contributed by atoms with Gasteiger partial charge in [0.05, 0.1) is 16.8 Å². The smallest absolute Gasteiger partial charge is 0.253 e. The molecule has 0 aliphatic heterocycles. The zero-order valence-corrected chi connectivity index (χ0v) is 12.0. The monoisotopic (exact) mass is 327 g/mol. The average Bonchev–Trinajstić information content (AvgIpc) is 2.75. The van der Waals surface area contributed by atoms with Crippen molar-refractivity contribution in [3.8, 4) is 0 Å². The van der Waals surface area contributed by atoms with E-state index in [4.69, 9.17) is 11.6 Å². The molecule has 2 aromatic rings. The molecule has 0 aliphatic carbocycles. The van der Waals surface area contributed by atoms with Gasteiger partial charge in [0.1, 0.15) is 0 Å². The summed E-state index contributed by atoms with van der Waals surface area (Å²) < 4.78 is 2.51. The van der Waals surface area contributed by atoms with Gasteiger partial charge in [-0.3, -0.25) is 9.48 Å². The van der Waals surface area contributed by atoms with Gasteiger partial charge in [0, 0.05) is 29.8 Å². The van der Waals surface area contributed by atoms with Crippen molar-refractivity contribution in [1.29, 1.82) is 0 Å². The summed E-state index contributed by atoms with van der Waals surface area (Å²) in [6.07, 6.45) is 3.56. The van der Waals surface area contributed by atoms with Gasteiger partial charge in [-0.05, 0) is 18.2 Å². The van der Waals surface area contributed by atoms with Crippen LogP contribution in [0.3, 0.4) is 0 Å². The predicted octanol–water partition coefficient (Wildman–Crippen LogP) is 2.77. The summed E-state index contributed by atoms with van der Waals surface area (Å²) in [6, 6.07) is 5.17. The summed E-state index contributed by atoms with van der Waals surface area (Å²) in [5.74, 6) is -0.204. The lowest BCUT2D eigenvalue weighted by molar-refractivity contribution is 0.0951. The minimum absolute atomic E-state index is 0.204. The quantitative estimate of drug-likeness (QED) is 0.942. The van der Waals surface area contributed by atoms with Gasteiger partial charge in [-0.15, -0.1) is 0 Å². The number of carbonyl (C=O) groups excluding carboxylic acids is 1. The molecule has 0 saturated carbocycles. The highest BCUT2D eigenvalue weighted by Gasteiger charge is 2.10. The maximum absolute atomic E-state index is 12.0. The van der Waals surface area contributed by atoms with Crippen LogP contribution < -0.4 is 5.32 Å². The molecule has 0 spiro atoms. The van der Waals surface area contributed by atoms with Crippen molar-refractivity contribution in [3.63, 3.8) is 0 Å². The largest absolute Gasteiger partial charge is 0.348 e. The molecular formula is C12H11BrClN3O. The maximum Gasteiger partial charge on any atom is 0.253 e. The number of hydrogen-bond donors (Lipinski definition) is 1. The molecule has 0 aliphatic rings. The molecule has 18 heavy (non-hydrogen) atoms. The Hall–Kier alpha value is -1.33. The lowest BCUT2D eigenvalue weighted by Gasteiger charge is -2.06. The molecule has 2 rings (SSSR count). The second-order valence-corrected chi connectivity index (χ2v) is 5.15. The van der Waals surface area contributed by atoms with Gasteiger partial charge >= 0.3 is 0 Å². The Morgan fingerprint density at radius 1 is 1.56 bits per heavy atom. The van der Waals surface area contributed by atoms with E-state index in [1.54, 1.807) is 29.1 Å². The molecule has 0 unspecified atom stereocenters. The molecule has 0 atom stereocenters. The number of hydrogen-bond acceptors (Lipinski definition) is 2. The zero-order valence-electron chi connectivity index (χ0n) is 9.65. The van der Waals surface area contributed by atoms with E-state index < -0.39 is 0 Å². The highest BCUT2D eigenvalue weighted by Crippen LogP contribution is 2.20. The Morgan fingerprint density at radius 3 is 3.00 bits per heavy atom. The lowest BCUT2D eigenvalue weighted by atomic mass is 10.2. The number of aryl methyl sites for hydroxylation is 1. The van der Waals surface area contributed by atoms with Crippen molar-refractivity contribution in [3.05, 3.63) is 51.2 Å². The summed E-state index contributed by atoms with van der Waals surface area (Å²) >= 11 is 9.29. The normalized spacial score (nSPS) is 10.4.